The number of nitrogens with zero attached hydrogens (tertiary/aromatic N) is 2. The van der Waals surface area contributed by atoms with Gasteiger partial charge in [-0.05, 0) is 18.1 Å². The van der Waals surface area contributed by atoms with Crippen molar-refractivity contribution in [1.29, 1.82) is 0 Å². The molecule has 0 fully saturated rings. The van der Waals surface area contributed by atoms with Crippen LogP contribution in [0.25, 0.3) is 11.2 Å². The summed E-state index contributed by atoms with van der Waals surface area (Å²) in [5.74, 6) is 2.06. The first-order valence-corrected chi connectivity index (χ1v) is 5.44. The van der Waals surface area contributed by atoms with Gasteiger partial charge < -0.3 is 16.5 Å². The number of aromatic nitrogens is 3. The Bertz CT molecular complexity index is 488. The van der Waals surface area contributed by atoms with Gasteiger partial charge in [0.15, 0.2) is 5.65 Å². The molecule has 0 amide bonds. The lowest BCUT2D eigenvalue weighted by Gasteiger charge is -2.15. The van der Waals surface area contributed by atoms with Gasteiger partial charge in [-0.2, -0.15) is 0 Å². The van der Waals surface area contributed by atoms with Gasteiger partial charge in [-0.3, -0.25) is 0 Å². The summed E-state index contributed by atoms with van der Waals surface area (Å²) in [4.78, 5) is 11.9. The topological polar surface area (TPSA) is 93.6 Å². The lowest BCUT2D eigenvalue weighted by Crippen LogP contribution is -2.18. The van der Waals surface area contributed by atoms with Crippen molar-refractivity contribution >= 4 is 17.0 Å². The van der Waals surface area contributed by atoms with Crippen LogP contribution < -0.4 is 11.5 Å². The molecule has 1 atom stereocenters. The van der Waals surface area contributed by atoms with Crippen LogP contribution in [0.5, 0.6) is 0 Å². The van der Waals surface area contributed by atoms with Crippen LogP contribution >= 0.6 is 0 Å². The van der Waals surface area contributed by atoms with Gasteiger partial charge >= 0.3 is 0 Å². The highest BCUT2D eigenvalue weighted by molar-refractivity contribution is 5.72. The molecule has 2 heterocycles. The van der Waals surface area contributed by atoms with Gasteiger partial charge in [0.05, 0.1) is 5.52 Å². The predicted molar refractivity (Wildman–Crippen MR) is 64.9 cm³/mol. The van der Waals surface area contributed by atoms with E-state index in [1.807, 2.05) is 6.07 Å². The molecule has 2 aromatic heterocycles. The van der Waals surface area contributed by atoms with E-state index in [9.17, 15) is 0 Å². The van der Waals surface area contributed by atoms with Crippen LogP contribution in [0.1, 0.15) is 25.6 Å². The third-order valence-corrected chi connectivity index (χ3v) is 2.80. The van der Waals surface area contributed by atoms with Gasteiger partial charge in [0.1, 0.15) is 11.6 Å². The monoisotopic (exact) mass is 219 g/mol. The number of pyridine rings is 1. The van der Waals surface area contributed by atoms with Crippen LogP contribution in [0, 0.1) is 5.92 Å². The van der Waals surface area contributed by atoms with Gasteiger partial charge in [-0.1, -0.05) is 13.8 Å². The second-order valence-electron chi connectivity index (χ2n) is 4.32. The lowest BCUT2D eigenvalue weighted by atomic mass is 9.95. The first-order valence-electron chi connectivity index (χ1n) is 5.44. The zero-order chi connectivity index (χ0) is 11.7. The predicted octanol–water partition coefficient (Wildman–Crippen LogP) is 1.24. The molecule has 0 radical (unpaired) electrons. The summed E-state index contributed by atoms with van der Waals surface area (Å²) in [7, 11) is 0. The second-order valence-corrected chi connectivity index (χ2v) is 4.32. The average molecular weight is 219 g/mol. The SMILES string of the molecule is CC(C)C(CN)c1nc2nc(N)ccc2[nH]1. The minimum absolute atomic E-state index is 0.232. The van der Waals surface area contributed by atoms with Crippen LogP contribution in [0.3, 0.4) is 0 Å². The van der Waals surface area contributed by atoms with Crippen LogP contribution in [0.4, 0.5) is 5.82 Å². The fourth-order valence-electron chi connectivity index (χ4n) is 1.80. The molecule has 1 unspecified atom stereocenters. The molecule has 0 aliphatic carbocycles. The largest absolute Gasteiger partial charge is 0.384 e. The van der Waals surface area contributed by atoms with E-state index in [2.05, 4.69) is 28.8 Å². The van der Waals surface area contributed by atoms with Gasteiger partial charge in [-0.15, -0.1) is 0 Å². The number of hydrogen-bond acceptors (Lipinski definition) is 4. The summed E-state index contributed by atoms with van der Waals surface area (Å²) in [6.07, 6.45) is 0. The normalized spacial score (nSPS) is 13.5. The quantitative estimate of drug-likeness (QED) is 0.724. The van der Waals surface area contributed by atoms with Crippen LogP contribution in [0.15, 0.2) is 12.1 Å². The number of H-pyrrole nitrogens is 1. The second kappa shape index (κ2) is 4.09. The first-order chi connectivity index (χ1) is 7.61. The summed E-state index contributed by atoms with van der Waals surface area (Å²) in [5, 5.41) is 0. The van der Waals surface area contributed by atoms with E-state index in [0.717, 1.165) is 11.3 Å². The van der Waals surface area contributed by atoms with E-state index in [1.165, 1.54) is 0 Å². The van der Waals surface area contributed by atoms with Crippen molar-refractivity contribution in [2.75, 3.05) is 12.3 Å². The molecule has 5 N–H and O–H groups in total. The van der Waals surface area contributed by atoms with Crippen molar-refractivity contribution in [3.05, 3.63) is 18.0 Å². The van der Waals surface area contributed by atoms with Crippen molar-refractivity contribution in [2.45, 2.75) is 19.8 Å². The van der Waals surface area contributed by atoms with E-state index in [4.69, 9.17) is 11.5 Å². The molecular weight excluding hydrogens is 202 g/mol. The Balaban J connectivity index is 2.45. The van der Waals surface area contributed by atoms with E-state index in [0.29, 0.717) is 23.9 Å². The first kappa shape index (κ1) is 10.9. The van der Waals surface area contributed by atoms with E-state index < -0.39 is 0 Å². The van der Waals surface area contributed by atoms with Crippen LogP contribution in [0.2, 0.25) is 0 Å². The molecule has 0 aliphatic heterocycles. The summed E-state index contributed by atoms with van der Waals surface area (Å²) in [6.45, 7) is 4.84. The maximum atomic E-state index is 5.75. The molecule has 0 aromatic carbocycles. The molecule has 0 spiro atoms. The fourth-order valence-corrected chi connectivity index (χ4v) is 1.80. The standard InChI is InChI=1S/C11H17N5/c1-6(2)7(5-12)10-14-8-3-4-9(13)15-11(8)16-10/h3-4,6-7H,5,12H2,1-2H3,(H3,13,14,15,16). The molecule has 5 heteroatoms. The van der Waals surface area contributed by atoms with Crippen molar-refractivity contribution < 1.29 is 0 Å². The molecule has 2 rings (SSSR count). The minimum Gasteiger partial charge on any atom is -0.384 e. The number of imidazole rings is 1. The molecule has 0 saturated carbocycles. The number of nitrogens with one attached hydrogen (secondary N) is 1. The molecule has 0 saturated heterocycles. The Morgan fingerprint density at radius 1 is 1.31 bits per heavy atom. The van der Waals surface area contributed by atoms with Crippen molar-refractivity contribution in [1.82, 2.24) is 15.0 Å². The Kier molecular flexibility index (Phi) is 2.78. The highest BCUT2D eigenvalue weighted by Crippen LogP contribution is 2.22. The summed E-state index contributed by atoms with van der Waals surface area (Å²) >= 11 is 0. The van der Waals surface area contributed by atoms with Gasteiger partial charge in [-0.25, -0.2) is 9.97 Å². The number of anilines is 1. The van der Waals surface area contributed by atoms with Crippen molar-refractivity contribution in [3.63, 3.8) is 0 Å². The van der Waals surface area contributed by atoms with E-state index in [-0.39, 0.29) is 5.92 Å². The number of aromatic amines is 1. The lowest BCUT2D eigenvalue weighted by molar-refractivity contribution is 0.488. The summed E-state index contributed by atoms with van der Waals surface area (Å²) in [6, 6.07) is 3.65. The molecule has 5 nitrogen and oxygen atoms in total. The number of hydrogen-bond donors (Lipinski definition) is 3. The Morgan fingerprint density at radius 3 is 2.69 bits per heavy atom. The average Bonchev–Trinajstić information content (AvgIpc) is 2.60. The Labute approximate surface area is 94.3 Å². The Morgan fingerprint density at radius 2 is 2.06 bits per heavy atom. The highest BCUT2D eigenvalue weighted by atomic mass is 15.0. The van der Waals surface area contributed by atoms with E-state index >= 15 is 0 Å². The molecular formula is C11H17N5. The molecule has 2 aromatic rings. The molecule has 16 heavy (non-hydrogen) atoms. The molecule has 0 bridgehead atoms. The maximum Gasteiger partial charge on any atom is 0.179 e. The number of nitrogens with two attached hydrogens (primary N) is 2. The summed E-state index contributed by atoms with van der Waals surface area (Å²) in [5.41, 5.74) is 12.9. The number of fused-ring (bicyclic) bond motifs is 1. The Hall–Kier alpha value is -1.62. The number of rotatable bonds is 3. The fraction of sp³-hybridized carbons (Fsp3) is 0.455. The van der Waals surface area contributed by atoms with E-state index in [1.54, 1.807) is 6.07 Å². The summed E-state index contributed by atoms with van der Waals surface area (Å²) < 4.78 is 0. The molecule has 86 valence electrons. The zero-order valence-electron chi connectivity index (χ0n) is 9.57. The number of nitrogen functional groups attached to an aromatic ring is 1. The highest BCUT2D eigenvalue weighted by Gasteiger charge is 2.18. The van der Waals surface area contributed by atoms with Crippen LogP contribution in [-0.4, -0.2) is 21.5 Å². The smallest absolute Gasteiger partial charge is 0.179 e. The third-order valence-electron chi connectivity index (χ3n) is 2.80. The van der Waals surface area contributed by atoms with Crippen molar-refractivity contribution in [2.24, 2.45) is 11.7 Å². The minimum atomic E-state index is 0.232. The third kappa shape index (κ3) is 1.86. The zero-order valence-corrected chi connectivity index (χ0v) is 9.57. The van der Waals surface area contributed by atoms with Crippen LogP contribution in [-0.2, 0) is 0 Å². The van der Waals surface area contributed by atoms with Crippen molar-refractivity contribution in [3.8, 4) is 0 Å². The van der Waals surface area contributed by atoms with Gasteiger partial charge in [0, 0.05) is 12.5 Å². The van der Waals surface area contributed by atoms with Gasteiger partial charge in [0.2, 0.25) is 0 Å². The molecule has 0 aliphatic rings. The maximum absolute atomic E-state index is 5.75. The van der Waals surface area contributed by atoms with Gasteiger partial charge in [0.25, 0.3) is 0 Å².